The Balaban J connectivity index is 0.844. The van der Waals surface area contributed by atoms with Gasteiger partial charge in [0, 0.05) is 48.5 Å². The van der Waals surface area contributed by atoms with Crippen LogP contribution in [0.1, 0.15) is 79.8 Å². The van der Waals surface area contributed by atoms with Crippen LogP contribution in [-0.4, -0.2) is 199 Å². The number of H-pyrrole nitrogens is 1. The van der Waals surface area contributed by atoms with E-state index in [1.54, 1.807) is 74.5 Å². The van der Waals surface area contributed by atoms with E-state index in [4.69, 9.17) is 43.9 Å². The Morgan fingerprint density at radius 2 is 1.36 bits per heavy atom. The number of anilines is 2. The maximum Gasteiger partial charge on any atom is 0.407 e. The van der Waals surface area contributed by atoms with Crippen molar-refractivity contribution in [3.63, 3.8) is 0 Å². The minimum atomic E-state index is -2.82. The normalized spacial score (nSPS) is 12.8. The fourth-order valence-corrected chi connectivity index (χ4v) is 9.65. The highest BCUT2D eigenvalue weighted by Gasteiger charge is 2.32. The summed E-state index contributed by atoms with van der Waals surface area (Å²) in [6.07, 6.45) is -0.655. The first-order chi connectivity index (χ1) is 48.6. The van der Waals surface area contributed by atoms with E-state index in [0.29, 0.717) is 56.3 Å². The third-order valence-electron chi connectivity index (χ3n) is 14.9. The number of imide groups is 1. The van der Waals surface area contributed by atoms with E-state index in [-0.39, 0.29) is 141 Å². The Bertz CT molecular complexity index is 3830. The highest BCUT2D eigenvalue weighted by Crippen LogP contribution is 2.33. The number of aliphatic carboxylic acids is 1. The molecule has 0 saturated heterocycles. The van der Waals surface area contributed by atoms with Crippen molar-refractivity contribution in [2.75, 3.05) is 96.8 Å². The first kappa shape index (κ1) is 77.3. The number of alkyl halides is 2. The molecule has 32 nitrogen and oxygen atoms in total. The molecule has 0 radical (unpaired) electrons. The summed E-state index contributed by atoms with van der Waals surface area (Å²) in [7, 11) is 1.29. The highest BCUT2D eigenvalue weighted by atomic mass is 19.3. The largest absolute Gasteiger partial charge is 0.481 e. The number of carbonyl (C=O) groups excluding carboxylic acids is 9. The summed E-state index contributed by atoms with van der Waals surface area (Å²) in [4.78, 5) is 148. The zero-order valence-corrected chi connectivity index (χ0v) is 55.6. The van der Waals surface area contributed by atoms with Gasteiger partial charge in [-0.2, -0.15) is 0 Å². The summed E-state index contributed by atoms with van der Waals surface area (Å²) in [5.74, 6) is -5.45. The van der Waals surface area contributed by atoms with Gasteiger partial charge in [0.15, 0.2) is 0 Å². The van der Waals surface area contributed by atoms with Crippen LogP contribution in [0.3, 0.4) is 0 Å². The van der Waals surface area contributed by atoms with Gasteiger partial charge in [0.05, 0.1) is 114 Å². The molecule has 1 aliphatic heterocycles. The van der Waals surface area contributed by atoms with E-state index in [1.165, 1.54) is 49.7 Å². The molecular weight excluding hydrogens is 1330 g/mol. The van der Waals surface area contributed by atoms with Crippen molar-refractivity contribution in [1.29, 1.82) is 0 Å². The number of nitrogens with zero attached hydrogens (tertiary/aromatic N) is 5. The molecule has 0 bridgehead atoms. The molecule has 11 N–H and O–H groups in total. The van der Waals surface area contributed by atoms with Crippen molar-refractivity contribution < 1.29 is 95.0 Å². The lowest BCUT2D eigenvalue weighted by Crippen LogP contribution is -2.58. The minimum absolute atomic E-state index is 0.00255. The van der Waals surface area contributed by atoms with Crippen LogP contribution in [0.15, 0.2) is 103 Å². The topological polar surface area (TPSA) is 436 Å². The van der Waals surface area contributed by atoms with E-state index >= 15 is 0 Å². The number of esters is 1. The number of carboxylic acids is 1. The molecule has 3 atom stereocenters. The molecule has 1 aliphatic rings. The van der Waals surface area contributed by atoms with Crippen molar-refractivity contribution in [3.05, 3.63) is 126 Å². The molecule has 0 spiro atoms. The number of nitrogens with one attached hydrogen (secondary N) is 8. The number of methoxy groups -OCH3 is 1. The Morgan fingerprint density at radius 1 is 0.683 bits per heavy atom. The number of alkyl carbamates (subject to hydrolysis) is 1. The molecular formula is C67H80F2N14O18. The third-order valence-corrected chi connectivity index (χ3v) is 14.9. The van der Waals surface area contributed by atoms with Gasteiger partial charge in [0.1, 0.15) is 48.6 Å². The molecule has 3 aromatic carbocycles. The van der Waals surface area contributed by atoms with Gasteiger partial charge < -0.3 is 86.2 Å². The number of benzene rings is 3. The number of primary amides is 1. The van der Waals surface area contributed by atoms with Crippen molar-refractivity contribution in [2.24, 2.45) is 11.7 Å². The van der Waals surface area contributed by atoms with Crippen molar-refractivity contribution >= 4 is 81.9 Å². The lowest BCUT2D eigenvalue weighted by Gasteiger charge is -2.27. The van der Waals surface area contributed by atoms with E-state index in [0.717, 1.165) is 4.90 Å². The third kappa shape index (κ3) is 25.6. The Kier molecular flexibility index (Phi) is 30.7. The summed E-state index contributed by atoms with van der Waals surface area (Å²) in [6, 6.07) is 17.6. The molecule has 0 aliphatic carbocycles. The van der Waals surface area contributed by atoms with Gasteiger partial charge in [-0.05, 0) is 91.4 Å². The fraction of sp³-hybridized carbons (Fsp3) is 0.403. The molecule has 4 heterocycles. The Morgan fingerprint density at radius 3 is 2.02 bits per heavy atom. The number of hydrogen-bond acceptors (Lipinski definition) is 22. The number of amides is 9. The molecule has 0 unspecified atom stereocenters. The monoisotopic (exact) mass is 1410 g/mol. The van der Waals surface area contributed by atoms with Crippen molar-refractivity contribution in [1.82, 2.24) is 56.4 Å². The summed E-state index contributed by atoms with van der Waals surface area (Å²) < 4.78 is 65.4. The minimum Gasteiger partial charge on any atom is -0.481 e. The summed E-state index contributed by atoms with van der Waals surface area (Å²) in [5.41, 5.74) is 9.14. The molecule has 3 aromatic heterocycles. The van der Waals surface area contributed by atoms with E-state index in [1.807, 2.05) is 0 Å². The van der Waals surface area contributed by atoms with Crippen LogP contribution in [0.5, 0.6) is 5.88 Å². The molecule has 101 heavy (non-hydrogen) atoms. The van der Waals surface area contributed by atoms with E-state index in [2.05, 4.69) is 57.2 Å². The van der Waals surface area contributed by atoms with Gasteiger partial charge in [-0.25, -0.2) is 43.1 Å². The zero-order chi connectivity index (χ0) is 72.6. The number of carboxylic acid groups (broad SMARTS) is 1. The van der Waals surface area contributed by atoms with Crippen molar-refractivity contribution in [3.8, 4) is 28.5 Å². The number of nitrogens with two attached hydrogens (primary N) is 1. The summed E-state index contributed by atoms with van der Waals surface area (Å²) in [5, 5.41) is 28.2. The van der Waals surface area contributed by atoms with Crippen LogP contribution >= 0.6 is 0 Å². The number of hydrogen-bond donors (Lipinski definition) is 10. The number of carbonyl (C=O) groups is 10. The fourth-order valence-electron chi connectivity index (χ4n) is 9.65. The van der Waals surface area contributed by atoms with Crippen LogP contribution < -0.4 is 47.7 Å². The average molecular weight is 1410 g/mol. The lowest BCUT2D eigenvalue weighted by atomic mass is 10.0. The average Bonchev–Trinajstić information content (AvgIpc) is 1.71. The second kappa shape index (κ2) is 40.1. The number of pyridine rings is 1. The molecule has 34 heteroatoms. The summed E-state index contributed by atoms with van der Waals surface area (Å²) >= 11 is 0. The molecule has 9 amide bonds. The predicted molar refractivity (Wildman–Crippen MR) is 357 cm³/mol. The van der Waals surface area contributed by atoms with Gasteiger partial charge in [0.2, 0.25) is 29.5 Å². The van der Waals surface area contributed by atoms with Gasteiger partial charge in [-0.1, -0.05) is 38.1 Å². The molecule has 0 saturated carbocycles. The number of fused-ring (bicyclic) bond motifs is 1. The molecule has 7 rings (SSSR count). The van der Waals surface area contributed by atoms with Crippen molar-refractivity contribution in [2.45, 2.75) is 83.7 Å². The van der Waals surface area contributed by atoms with E-state index < -0.39 is 90.3 Å². The van der Waals surface area contributed by atoms with Crippen LogP contribution in [-0.2, 0) is 75.1 Å². The summed E-state index contributed by atoms with van der Waals surface area (Å²) in [6.45, 7) is 4.79. The van der Waals surface area contributed by atoms with Crippen LogP contribution in [0.2, 0.25) is 0 Å². The Hall–Kier alpha value is -11.1. The highest BCUT2D eigenvalue weighted by molar-refractivity contribution is 6.13. The van der Waals surface area contributed by atoms with E-state index in [9.17, 15) is 61.8 Å². The number of urea groups is 1. The number of rotatable bonds is 43. The van der Waals surface area contributed by atoms with Crippen LogP contribution in [0.25, 0.3) is 33.7 Å². The second-order valence-electron chi connectivity index (χ2n) is 22.7. The maximum absolute atomic E-state index is 14.0. The van der Waals surface area contributed by atoms with Crippen LogP contribution in [0, 0.1) is 5.92 Å². The predicted octanol–water partition coefficient (Wildman–Crippen LogP) is 4.47. The Labute approximate surface area is 577 Å². The SMILES string of the molecule is COC(=O)c1ccc(NCc2nc(-c3cccc(C(F)F)n3)c(-c3ccc4ncc(OCCNC(=O)OCc5ccc(NC(=O)[C@H](CCCNC(N)=O)NC(=O)[C@@H](NC(=O)[C@H](CCC(=O)O)NC(=O)CCOCCOCCOCCOCCN6C(=O)C=CC6=O)C(C)C)cc5)nc4c3)[nH]2)cc1. The number of aromatic nitrogens is 5. The quantitative estimate of drug-likeness (QED) is 0.0143. The zero-order valence-electron chi connectivity index (χ0n) is 55.6. The number of halogens is 2. The second-order valence-corrected chi connectivity index (χ2v) is 22.7. The first-order valence-corrected chi connectivity index (χ1v) is 32.1. The van der Waals surface area contributed by atoms with Gasteiger partial charge in [0.25, 0.3) is 18.2 Å². The lowest BCUT2D eigenvalue weighted by molar-refractivity contribution is -0.139. The number of ether oxygens (including phenoxy) is 7. The van der Waals surface area contributed by atoms with Gasteiger partial charge in [-0.15, -0.1) is 0 Å². The number of aromatic amines is 1. The molecule has 6 aromatic rings. The van der Waals surface area contributed by atoms with Crippen LogP contribution in [0.4, 0.5) is 29.7 Å². The van der Waals surface area contributed by atoms with Gasteiger partial charge >= 0.3 is 24.1 Å². The molecule has 0 fully saturated rings. The first-order valence-electron chi connectivity index (χ1n) is 32.1. The molecule has 540 valence electrons. The van der Waals surface area contributed by atoms with Gasteiger partial charge in [-0.3, -0.25) is 38.5 Å². The maximum atomic E-state index is 14.0. The smallest absolute Gasteiger partial charge is 0.407 e. The standard InChI is InChI=1S/C67H80F2N14O18/c1-40(2)58(82-63(90)50(19-22-57(87)88)77-53(84)23-27-96-30-32-98-34-35-99-33-31-97-29-26-83-55(85)20-21-56(83)86)64(91)79-49(8-5-24-71-66(70)93)62(89)75-45-14-9-41(10-15-45)39-101-67(94)72-25-28-100-54-38-74-46-18-13-43(36-51(46)78-54)59-60(47-6-4-7-48(76-47)61(68)69)81-52(80-59)37-73-44-16-11-42(12-17-44)65(92)95-3/h4,6-7,9-18,20-21,36,38,40,49-50,58,61,73H,5,8,19,22-35,37,39H2,1-3H3,(H,72,94)(H,75,89)(H,77,84)(H,79,91)(H,80,81)(H,82,90)(H,87,88)(H3,70,71,93)/t49-,50-,58-/m0/s1. The number of imidazole rings is 1.